The number of carbonyl (C=O) groups excluding carboxylic acids is 1. The largest absolute Gasteiger partial charge is 0.507 e. The minimum atomic E-state index is -0.687. The van der Waals surface area contributed by atoms with Crippen molar-refractivity contribution < 1.29 is 19.4 Å². The lowest BCUT2D eigenvalue weighted by molar-refractivity contribution is 0.103. The average Bonchev–Trinajstić information content (AvgIpc) is 2.78. The van der Waals surface area contributed by atoms with E-state index in [1.54, 1.807) is 61.7 Å². The minimum absolute atomic E-state index is 0.0349. The van der Waals surface area contributed by atoms with E-state index in [1.165, 1.54) is 6.07 Å². The van der Waals surface area contributed by atoms with E-state index in [9.17, 15) is 15.2 Å². The van der Waals surface area contributed by atoms with E-state index in [-0.39, 0.29) is 28.6 Å². The predicted octanol–water partition coefficient (Wildman–Crippen LogP) is 3.85. The normalized spacial score (nSPS) is 15.0. The van der Waals surface area contributed by atoms with Crippen molar-refractivity contribution in [2.75, 3.05) is 7.11 Å². The summed E-state index contributed by atoms with van der Waals surface area (Å²) >= 11 is 0. The smallest absolute Gasteiger partial charge is 0.205 e. The van der Waals surface area contributed by atoms with E-state index in [2.05, 4.69) is 6.07 Å². The number of phenols is 1. The first-order valence-corrected chi connectivity index (χ1v) is 9.22. The first-order chi connectivity index (χ1) is 14.5. The molecule has 1 heterocycles. The lowest BCUT2D eigenvalue weighted by Gasteiger charge is -2.28. The summed E-state index contributed by atoms with van der Waals surface area (Å²) < 4.78 is 10.8. The number of methoxy groups -OCH3 is 1. The molecule has 0 bridgehead atoms. The molecule has 1 unspecified atom stereocenters. The second-order valence-electron chi connectivity index (χ2n) is 6.77. The van der Waals surface area contributed by atoms with Crippen LogP contribution < -0.4 is 15.2 Å². The van der Waals surface area contributed by atoms with Crippen LogP contribution in [0.2, 0.25) is 0 Å². The molecule has 6 nitrogen and oxygen atoms in total. The number of ketones is 1. The number of aromatic hydroxyl groups is 1. The Labute approximate surface area is 173 Å². The Hall–Kier alpha value is -4.24. The van der Waals surface area contributed by atoms with Crippen molar-refractivity contribution in [1.82, 2.24) is 0 Å². The number of ether oxygens (including phenoxy) is 2. The molecule has 1 aliphatic heterocycles. The second-order valence-corrected chi connectivity index (χ2v) is 6.77. The highest BCUT2D eigenvalue weighted by molar-refractivity contribution is 6.11. The number of nitrogens with zero attached hydrogens (tertiary/aromatic N) is 1. The highest BCUT2D eigenvalue weighted by Crippen LogP contribution is 2.48. The van der Waals surface area contributed by atoms with Gasteiger partial charge in [0, 0.05) is 5.56 Å². The number of carbonyl (C=O) groups is 1. The summed E-state index contributed by atoms with van der Waals surface area (Å²) in [4.78, 5) is 13.0. The molecule has 0 spiro atoms. The van der Waals surface area contributed by atoms with Crippen molar-refractivity contribution in [3.8, 4) is 23.3 Å². The lowest BCUT2D eigenvalue weighted by Crippen LogP contribution is -2.21. The number of hydrogen-bond acceptors (Lipinski definition) is 6. The first kappa shape index (κ1) is 19.1. The Morgan fingerprint density at radius 3 is 2.43 bits per heavy atom. The van der Waals surface area contributed by atoms with Crippen LogP contribution in [0.3, 0.4) is 0 Å². The highest BCUT2D eigenvalue weighted by atomic mass is 16.5. The molecule has 0 saturated carbocycles. The Morgan fingerprint density at radius 2 is 1.80 bits per heavy atom. The van der Waals surface area contributed by atoms with E-state index in [0.717, 1.165) is 0 Å². The summed E-state index contributed by atoms with van der Waals surface area (Å²) in [6, 6.07) is 20.9. The van der Waals surface area contributed by atoms with Crippen LogP contribution in [0.15, 0.2) is 78.2 Å². The summed E-state index contributed by atoms with van der Waals surface area (Å²) in [6.45, 7) is 0. The molecule has 0 amide bonds. The molecule has 3 N–H and O–H groups in total. The monoisotopic (exact) mass is 398 g/mol. The van der Waals surface area contributed by atoms with Gasteiger partial charge in [-0.15, -0.1) is 0 Å². The molecular weight excluding hydrogens is 380 g/mol. The van der Waals surface area contributed by atoms with Crippen LogP contribution in [-0.2, 0) is 0 Å². The van der Waals surface area contributed by atoms with Gasteiger partial charge in [0.2, 0.25) is 5.88 Å². The van der Waals surface area contributed by atoms with Gasteiger partial charge in [-0.05, 0) is 29.8 Å². The summed E-state index contributed by atoms with van der Waals surface area (Å²) in [5, 5.41) is 20.8. The van der Waals surface area contributed by atoms with Gasteiger partial charge in [0.15, 0.2) is 5.78 Å². The maximum Gasteiger partial charge on any atom is 0.205 e. The van der Waals surface area contributed by atoms with Crippen LogP contribution in [0.4, 0.5) is 0 Å². The Kier molecular flexibility index (Phi) is 4.87. The molecule has 0 aliphatic carbocycles. The van der Waals surface area contributed by atoms with Crippen molar-refractivity contribution >= 4 is 5.78 Å². The fraction of sp³-hybridized carbons (Fsp3) is 0.0833. The van der Waals surface area contributed by atoms with Crippen LogP contribution in [0.5, 0.6) is 17.2 Å². The van der Waals surface area contributed by atoms with E-state index < -0.39 is 5.92 Å². The van der Waals surface area contributed by atoms with Gasteiger partial charge in [-0.1, -0.05) is 42.5 Å². The summed E-state index contributed by atoms with van der Waals surface area (Å²) in [7, 11) is 1.56. The number of benzene rings is 3. The quantitative estimate of drug-likeness (QED) is 0.647. The van der Waals surface area contributed by atoms with Gasteiger partial charge in [0.25, 0.3) is 0 Å². The molecule has 30 heavy (non-hydrogen) atoms. The number of fused-ring (bicyclic) bond motifs is 1. The molecule has 1 atom stereocenters. The van der Waals surface area contributed by atoms with Crippen LogP contribution in [-0.4, -0.2) is 18.0 Å². The standard InChI is InChI=1S/C24H18N2O4/c1-29-16-9-7-14(8-10-16)20-18(13-25)24(26)30-19-12-11-17(23(28)21(19)20)22(27)15-5-3-2-4-6-15/h2-12,20,28H,26H2,1H3. The van der Waals surface area contributed by atoms with Gasteiger partial charge < -0.3 is 20.3 Å². The summed E-state index contributed by atoms with van der Waals surface area (Å²) in [5.74, 6) is -0.332. The third-order valence-corrected chi connectivity index (χ3v) is 5.09. The average molecular weight is 398 g/mol. The number of hydrogen-bond donors (Lipinski definition) is 2. The molecule has 3 aromatic carbocycles. The van der Waals surface area contributed by atoms with Gasteiger partial charge in [0.05, 0.1) is 24.2 Å². The number of nitrogens with two attached hydrogens (primary N) is 1. The Bertz CT molecular complexity index is 1190. The minimum Gasteiger partial charge on any atom is -0.507 e. The zero-order chi connectivity index (χ0) is 21.3. The number of rotatable bonds is 4. The van der Waals surface area contributed by atoms with Crippen molar-refractivity contribution in [1.29, 1.82) is 5.26 Å². The van der Waals surface area contributed by atoms with Crippen molar-refractivity contribution in [3.63, 3.8) is 0 Å². The zero-order valence-corrected chi connectivity index (χ0v) is 16.1. The van der Waals surface area contributed by atoms with Crippen LogP contribution in [0, 0.1) is 11.3 Å². The molecule has 0 fully saturated rings. The van der Waals surface area contributed by atoms with Crippen LogP contribution in [0.1, 0.15) is 33.0 Å². The van der Waals surface area contributed by atoms with Crippen molar-refractivity contribution in [2.45, 2.75) is 5.92 Å². The molecule has 1 aliphatic rings. The number of allylic oxidation sites excluding steroid dienone is 1. The molecule has 6 heteroatoms. The fourth-order valence-electron chi connectivity index (χ4n) is 3.60. The Balaban J connectivity index is 1.90. The SMILES string of the molecule is COc1ccc(C2C(C#N)=C(N)Oc3ccc(C(=O)c4ccccc4)c(O)c32)cc1. The molecule has 4 rings (SSSR count). The second kappa shape index (κ2) is 7.64. The van der Waals surface area contributed by atoms with Gasteiger partial charge in [0.1, 0.15) is 28.9 Å². The number of nitriles is 1. The molecule has 0 aromatic heterocycles. The van der Waals surface area contributed by atoms with Crippen LogP contribution >= 0.6 is 0 Å². The third kappa shape index (κ3) is 3.12. The van der Waals surface area contributed by atoms with Gasteiger partial charge >= 0.3 is 0 Å². The molecule has 3 aromatic rings. The molecule has 0 saturated heterocycles. The maximum absolute atomic E-state index is 13.0. The van der Waals surface area contributed by atoms with Gasteiger partial charge in [-0.3, -0.25) is 4.79 Å². The molecular formula is C24H18N2O4. The topological polar surface area (TPSA) is 106 Å². The van der Waals surface area contributed by atoms with Crippen molar-refractivity contribution in [3.05, 3.63) is 100 Å². The fourth-order valence-corrected chi connectivity index (χ4v) is 3.60. The van der Waals surface area contributed by atoms with Gasteiger partial charge in [-0.25, -0.2) is 0 Å². The van der Waals surface area contributed by atoms with E-state index in [1.807, 2.05) is 6.07 Å². The molecule has 148 valence electrons. The lowest BCUT2D eigenvalue weighted by atomic mass is 9.81. The summed E-state index contributed by atoms with van der Waals surface area (Å²) in [6.07, 6.45) is 0. The first-order valence-electron chi connectivity index (χ1n) is 9.22. The Morgan fingerprint density at radius 1 is 1.10 bits per heavy atom. The zero-order valence-electron chi connectivity index (χ0n) is 16.1. The predicted molar refractivity (Wildman–Crippen MR) is 110 cm³/mol. The van der Waals surface area contributed by atoms with Crippen LogP contribution in [0.25, 0.3) is 0 Å². The summed E-state index contributed by atoms with van der Waals surface area (Å²) in [5.41, 5.74) is 7.75. The number of phenolic OH excluding ortho intramolecular Hbond substituents is 1. The molecule has 0 radical (unpaired) electrons. The third-order valence-electron chi connectivity index (χ3n) is 5.09. The maximum atomic E-state index is 13.0. The van der Waals surface area contributed by atoms with Crippen molar-refractivity contribution in [2.24, 2.45) is 5.73 Å². The van der Waals surface area contributed by atoms with E-state index >= 15 is 0 Å². The highest BCUT2D eigenvalue weighted by Gasteiger charge is 2.35. The van der Waals surface area contributed by atoms with Gasteiger partial charge in [-0.2, -0.15) is 5.26 Å². The van der Waals surface area contributed by atoms with E-state index in [4.69, 9.17) is 15.2 Å². The van der Waals surface area contributed by atoms with E-state index in [0.29, 0.717) is 28.2 Å².